The average molecular weight is 329 g/mol. The number of hydrogen-bond acceptors (Lipinski definition) is 4. The maximum Gasteiger partial charge on any atom is 0.255 e. The van der Waals surface area contributed by atoms with Crippen molar-refractivity contribution in [2.45, 2.75) is 33.4 Å². The predicted molar refractivity (Wildman–Crippen MR) is 90.4 cm³/mol. The fourth-order valence-electron chi connectivity index (χ4n) is 2.90. The zero-order valence-corrected chi connectivity index (χ0v) is 14.2. The molecule has 3 rings (SSSR count). The Morgan fingerprint density at radius 3 is 2.70 bits per heavy atom. The molecule has 1 atom stereocenters. The Bertz CT molecular complexity index is 754. The van der Waals surface area contributed by atoms with Crippen LogP contribution in [0.5, 0.6) is 0 Å². The summed E-state index contributed by atoms with van der Waals surface area (Å²) in [7, 11) is 0. The van der Waals surface area contributed by atoms with Gasteiger partial charge in [-0.1, -0.05) is 32.0 Å². The number of fused-ring (bicyclic) bond motifs is 1. The van der Waals surface area contributed by atoms with Crippen molar-refractivity contribution < 1.29 is 9.59 Å². The molecule has 0 saturated heterocycles. The average Bonchev–Trinajstić information content (AvgIpc) is 3.04. The van der Waals surface area contributed by atoms with E-state index in [9.17, 15) is 9.59 Å². The Hall–Kier alpha value is -2.21. The van der Waals surface area contributed by atoms with Crippen LogP contribution in [0.2, 0.25) is 0 Å². The molecular weight excluding hydrogens is 310 g/mol. The molecule has 0 spiro atoms. The highest BCUT2D eigenvalue weighted by molar-refractivity contribution is 7.13. The van der Waals surface area contributed by atoms with Crippen molar-refractivity contribution in [1.29, 1.82) is 0 Å². The van der Waals surface area contributed by atoms with Gasteiger partial charge < -0.3 is 10.2 Å². The summed E-state index contributed by atoms with van der Waals surface area (Å²) < 4.78 is 0. The number of nitrogens with zero attached hydrogens (tertiary/aromatic N) is 2. The molecule has 1 unspecified atom stereocenters. The minimum absolute atomic E-state index is 0.00863. The lowest BCUT2D eigenvalue weighted by atomic mass is 10.0. The van der Waals surface area contributed by atoms with Gasteiger partial charge in [-0.2, -0.15) is 0 Å². The molecule has 23 heavy (non-hydrogen) atoms. The SMILES string of the molecule is Cc1csc(NC(=O)C(C(C)C)N2Cc3ccccc3C2=O)n1. The van der Waals surface area contributed by atoms with Gasteiger partial charge in [0.2, 0.25) is 5.91 Å². The second kappa shape index (κ2) is 6.12. The van der Waals surface area contributed by atoms with Gasteiger partial charge in [0.25, 0.3) is 5.91 Å². The fourth-order valence-corrected chi connectivity index (χ4v) is 3.59. The van der Waals surface area contributed by atoms with Crippen LogP contribution >= 0.6 is 11.3 Å². The van der Waals surface area contributed by atoms with Crippen LogP contribution in [0.15, 0.2) is 29.6 Å². The van der Waals surface area contributed by atoms with Crippen molar-refractivity contribution in [2.24, 2.45) is 5.92 Å². The molecule has 2 amide bonds. The van der Waals surface area contributed by atoms with Crippen molar-refractivity contribution >= 4 is 28.3 Å². The van der Waals surface area contributed by atoms with E-state index in [2.05, 4.69) is 10.3 Å². The molecule has 2 aromatic rings. The quantitative estimate of drug-likeness (QED) is 0.937. The van der Waals surface area contributed by atoms with E-state index in [-0.39, 0.29) is 17.7 Å². The van der Waals surface area contributed by atoms with E-state index in [0.29, 0.717) is 17.2 Å². The molecule has 1 aromatic heterocycles. The number of rotatable bonds is 4. The van der Waals surface area contributed by atoms with E-state index in [1.54, 1.807) is 4.90 Å². The summed E-state index contributed by atoms with van der Waals surface area (Å²) >= 11 is 1.39. The van der Waals surface area contributed by atoms with E-state index < -0.39 is 6.04 Å². The topological polar surface area (TPSA) is 62.3 Å². The number of anilines is 1. The first-order chi connectivity index (χ1) is 11.0. The fraction of sp³-hybridized carbons (Fsp3) is 0.353. The number of nitrogens with one attached hydrogen (secondary N) is 1. The third kappa shape index (κ3) is 2.99. The molecule has 6 heteroatoms. The van der Waals surface area contributed by atoms with Gasteiger partial charge in [0.05, 0.1) is 5.69 Å². The lowest BCUT2D eigenvalue weighted by Crippen LogP contribution is -2.47. The second-order valence-corrected chi connectivity index (χ2v) is 6.92. The maximum absolute atomic E-state index is 12.7. The van der Waals surface area contributed by atoms with Crippen molar-refractivity contribution in [3.63, 3.8) is 0 Å². The number of amides is 2. The smallest absolute Gasteiger partial charge is 0.255 e. The van der Waals surface area contributed by atoms with Crippen LogP contribution in [0.1, 0.15) is 35.5 Å². The van der Waals surface area contributed by atoms with Crippen LogP contribution < -0.4 is 5.32 Å². The number of carbonyl (C=O) groups is 2. The molecule has 0 saturated carbocycles. The highest BCUT2D eigenvalue weighted by Gasteiger charge is 2.38. The predicted octanol–water partition coefficient (Wildman–Crippen LogP) is 3.07. The standard InChI is InChI=1S/C17H19N3O2S/c1-10(2)14(15(21)19-17-18-11(3)9-23-17)20-8-12-6-4-5-7-13(12)16(20)22/h4-7,9-10,14H,8H2,1-3H3,(H,18,19,21). The van der Waals surface area contributed by atoms with Gasteiger partial charge in [-0.25, -0.2) is 4.98 Å². The first-order valence-corrected chi connectivity index (χ1v) is 8.47. The van der Waals surface area contributed by atoms with E-state index in [0.717, 1.165) is 11.3 Å². The monoisotopic (exact) mass is 329 g/mol. The summed E-state index contributed by atoms with van der Waals surface area (Å²) in [6.07, 6.45) is 0. The van der Waals surface area contributed by atoms with Crippen LogP contribution in [-0.2, 0) is 11.3 Å². The zero-order chi connectivity index (χ0) is 16.6. The largest absolute Gasteiger partial charge is 0.322 e. The summed E-state index contributed by atoms with van der Waals surface area (Å²) in [6.45, 7) is 6.26. The third-order valence-corrected chi connectivity index (χ3v) is 4.81. The van der Waals surface area contributed by atoms with Gasteiger partial charge in [-0.15, -0.1) is 11.3 Å². The van der Waals surface area contributed by atoms with Gasteiger partial charge >= 0.3 is 0 Å². The van der Waals surface area contributed by atoms with Crippen molar-refractivity contribution in [3.05, 3.63) is 46.5 Å². The van der Waals surface area contributed by atoms with Crippen LogP contribution in [0.25, 0.3) is 0 Å². The highest BCUT2D eigenvalue weighted by Crippen LogP contribution is 2.28. The first kappa shape index (κ1) is 15.7. The summed E-state index contributed by atoms with van der Waals surface area (Å²) in [5.41, 5.74) is 2.54. The van der Waals surface area contributed by atoms with Crippen molar-refractivity contribution in [2.75, 3.05) is 5.32 Å². The first-order valence-electron chi connectivity index (χ1n) is 7.59. The number of thiazole rings is 1. The van der Waals surface area contributed by atoms with Gasteiger partial charge in [0.15, 0.2) is 5.13 Å². The van der Waals surface area contributed by atoms with Gasteiger partial charge in [-0.3, -0.25) is 9.59 Å². The molecule has 0 radical (unpaired) electrons. The minimum Gasteiger partial charge on any atom is -0.322 e. The van der Waals surface area contributed by atoms with Crippen LogP contribution in [0.3, 0.4) is 0 Å². The summed E-state index contributed by atoms with van der Waals surface area (Å²) in [4.78, 5) is 31.3. The molecule has 1 aromatic carbocycles. The Morgan fingerprint density at radius 1 is 1.35 bits per heavy atom. The minimum atomic E-state index is -0.515. The number of carbonyl (C=O) groups excluding carboxylic acids is 2. The molecule has 1 N–H and O–H groups in total. The lowest BCUT2D eigenvalue weighted by molar-refractivity contribution is -0.122. The number of aryl methyl sites for hydroxylation is 1. The van der Waals surface area contributed by atoms with E-state index in [4.69, 9.17) is 0 Å². The molecular formula is C17H19N3O2S. The normalized spacial score (nSPS) is 15.0. The van der Waals surface area contributed by atoms with Gasteiger partial charge in [-0.05, 0) is 24.5 Å². The second-order valence-electron chi connectivity index (χ2n) is 6.06. The van der Waals surface area contributed by atoms with Crippen LogP contribution in [0, 0.1) is 12.8 Å². The Balaban J connectivity index is 1.83. The number of aromatic nitrogens is 1. The Labute approximate surface area is 139 Å². The molecule has 1 aliphatic heterocycles. The van der Waals surface area contributed by atoms with Crippen LogP contribution in [-0.4, -0.2) is 27.7 Å². The lowest BCUT2D eigenvalue weighted by Gasteiger charge is -2.29. The summed E-state index contributed by atoms with van der Waals surface area (Å²) in [5.74, 6) is -0.255. The van der Waals surface area contributed by atoms with Crippen LogP contribution in [0.4, 0.5) is 5.13 Å². The zero-order valence-electron chi connectivity index (χ0n) is 13.4. The molecule has 5 nitrogen and oxygen atoms in total. The summed E-state index contributed by atoms with van der Waals surface area (Å²) in [5, 5.41) is 5.30. The third-order valence-electron chi connectivity index (χ3n) is 3.93. The van der Waals surface area contributed by atoms with Gasteiger partial charge in [0.1, 0.15) is 6.04 Å². The van der Waals surface area contributed by atoms with E-state index >= 15 is 0 Å². The van der Waals surface area contributed by atoms with E-state index in [1.807, 2.05) is 50.4 Å². The molecule has 0 bridgehead atoms. The van der Waals surface area contributed by atoms with Gasteiger partial charge in [0, 0.05) is 17.5 Å². The molecule has 0 aliphatic carbocycles. The molecule has 1 aliphatic rings. The molecule has 0 fully saturated rings. The van der Waals surface area contributed by atoms with E-state index in [1.165, 1.54) is 11.3 Å². The number of benzene rings is 1. The summed E-state index contributed by atoms with van der Waals surface area (Å²) in [6, 6.07) is 7.00. The highest BCUT2D eigenvalue weighted by atomic mass is 32.1. The molecule has 2 heterocycles. The Kier molecular flexibility index (Phi) is 4.17. The van der Waals surface area contributed by atoms with Crippen molar-refractivity contribution in [3.8, 4) is 0 Å². The Morgan fingerprint density at radius 2 is 2.09 bits per heavy atom. The molecule has 120 valence electrons. The maximum atomic E-state index is 12.7. The van der Waals surface area contributed by atoms with Crippen molar-refractivity contribution in [1.82, 2.24) is 9.88 Å². The number of hydrogen-bond donors (Lipinski definition) is 1.